The molecule has 62 heavy (non-hydrogen) atoms. The minimum atomic E-state index is -0.425. The van der Waals surface area contributed by atoms with Crippen molar-refractivity contribution in [2.75, 3.05) is 16.4 Å². The Morgan fingerprint density at radius 1 is 0.532 bits per heavy atom. The molecule has 0 aliphatic rings. The standard InChI is InChI=1S/C50H30N8O4/c1-23-17-39-34(21-33(23)51)54-47-29-15-13-27-44-37(53-26-11-7-4-8-12-26)20-32-42-30(48-55-35-22-38(58(61)62)24(2)18-40(35)57(48)50(32)60)16-14-28(46(42)44)43-36(52-25-9-5-3-6-10-25)19-31(41(29)45(27)43)49(59)56(39)47/h3-22,52-53H,51H2,1-2H3. The number of aromatic nitrogens is 4. The number of benzene rings is 9. The van der Waals surface area contributed by atoms with Gasteiger partial charge in [0.2, 0.25) is 0 Å². The highest BCUT2D eigenvalue weighted by Gasteiger charge is 2.28. The molecule has 9 aromatic carbocycles. The Morgan fingerprint density at radius 2 is 0.984 bits per heavy atom. The number of anilines is 5. The van der Waals surface area contributed by atoms with Crippen molar-refractivity contribution in [2.24, 2.45) is 0 Å². The van der Waals surface area contributed by atoms with Gasteiger partial charge in [0.1, 0.15) is 11.3 Å². The molecule has 0 saturated carbocycles. The maximum atomic E-state index is 15.1. The van der Waals surface area contributed by atoms with Crippen molar-refractivity contribution in [3.63, 3.8) is 0 Å². The van der Waals surface area contributed by atoms with Gasteiger partial charge in [0.25, 0.3) is 16.8 Å². The second kappa shape index (κ2) is 11.8. The highest BCUT2D eigenvalue weighted by atomic mass is 16.6. The van der Waals surface area contributed by atoms with Crippen LogP contribution in [0.5, 0.6) is 0 Å². The molecule has 0 fully saturated rings. The lowest BCUT2D eigenvalue weighted by molar-refractivity contribution is -0.385. The molecule has 0 aliphatic heterocycles. The first-order valence-corrected chi connectivity index (χ1v) is 20.1. The molecule has 4 aromatic heterocycles. The van der Waals surface area contributed by atoms with Gasteiger partial charge in [-0.25, -0.2) is 9.97 Å². The zero-order chi connectivity index (χ0) is 41.9. The summed E-state index contributed by atoms with van der Waals surface area (Å²) in [6.07, 6.45) is 0. The lowest BCUT2D eigenvalue weighted by atomic mass is 9.84. The Bertz CT molecular complexity index is 4260. The third-order valence-corrected chi connectivity index (χ3v) is 12.8. The molecule has 0 spiro atoms. The second-order valence-corrected chi connectivity index (χ2v) is 16.2. The van der Waals surface area contributed by atoms with Gasteiger partial charge in [-0.15, -0.1) is 0 Å². The summed E-state index contributed by atoms with van der Waals surface area (Å²) in [4.78, 5) is 51.7. The maximum absolute atomic E-state index is 15.1. The van der Waals surface area contributed by atoms with Gasteiger partial charge < -0.3 is 16.4 Å². The fourth-order valence-corrected chi connectivity index (χ4v) is 10.0. The lowest BCUT2D eigenvalue weighted by Gasteiger charge is -2.23. The van der Waals surface area contributed by atoms with Gasteiger partial charge in [-0.1, -0.05) is 48.5 Å². The van der Waals surface area contributed by atoms with Crippen molar-refractivity contribution >= 4 is 132 Å². The van der Waals surface area contributed by atoms with E-state index in [4.69, 9.17) is 15.7 Å². The number of aryl methyl sites for hydroxylation is 2. The van der Waals surface area contributed by atoms with Gasteiger partial charge in [-0.05, 0) is 96.9 Å². The van der Waals surface area contributed by atoms with Gasteiger partial charge in [-0.2, -0.15) is 0 Å². The van der Waals surface area contributed by atoms with E-state index in [0.717, 1.165) is 76.5 Å². The quantitative estimate of drug-likeness (QED) is 0.0505. The number of nitrogens with zero attached hydrogens (tertiary/aromatic N) is 5. The van der Waals surface area contributed by atoms with E-state index in [1.54, 1.807) is 21.8 Å². The highest BCUT2D eigenvalue weighted by Crippen LogP contribution is 2.51. The Kier molecular flexibility index (Phi) is 6.50. The number of pyridine rings is 2. The smallest absolute Gasteiger partial charge is 0.274 e. The van der Waals surface area contributed by atoms with E-state index < -0.39 is 4.92 Å². The summed E-state index contributed by atoms with van der Waals surface area (Å²) in [5, 5.41) is 28.6. The van der Waals surface area contributed by atoms with Crippen molar-refractivity contribution in [3.8, 4) is 0 Å². The van der Waals surface area contributed by atoms with Gasteiger partial charge in [0, 0.05) is 83.2 Å². The number of hydrogen-bond donors (Lipinski definition) is 3. The van der Waals surface area contributed by atoms with Gasteiger partial charge >= 0.3 is 0 Å². The normalized spacial score (nSPS) is 12.4. The summed E-state index contributed by atoms with van der Waals surface area (Å²) in [5.74, 6) is 0. The maximum Gasteiger partial charge on any atom is 0.274 e. The second-order valence-electron chi connectivity index (χ2n) is 16.2. The monoisotopic (exact) mass is 806 g/mol. The van der Waals surface area contributed by atoms with Crippen LogP contribution in [0.25, 0.3) is 98.0 Å². The van der Waals surface area contributed by atoms with Crippen LogP contribution in [0.15, 0.2) is 131 Å². The molecule has 0 radical (unpaired) electrons. The summed E-state index contributed by atoms with van der Waals surface area (Å²) in [7, 11) is 0. The number of nitrogens with two attached hydrogens (primary N) is 1. The van der Waals surface area contributed by atoms with Crippen LogP contribution < -0.4 is 27.5 Å². The number of nitro groups is 1. The van der Waals surface area contributed by atoms with E-state index in [0.29, 0.717) is 61.1 Å². The van der Waals surface area contributed by atoms with Gasteiger partial charge in [0.05, 0.1) is 37.8 Å². The molecular formula is C50H30N8O4. The van der Waals surface area contributed by atoms with Crippen molar-refractivity contribution in [1.82, 2.24) is 18.8 Å². The number of hydrogen-bond acceptors (Lipinski definition) is 9. The Morgan fingerprint density at radius 3 is 1.47 bits per heavy atom. The zero-order valence-corrected chi connectivity index (χ0v) is 33.0. The third-order valence-electron chi connectivity index (χ3n) is 12.8. The van der Waals surface area contributed by atoms with E-state index in [-0.39, 0.29) is 16.8 Å². The number of imidazole rings is 2. The molecule has 0 bridgehead atoms. The summed E-state index contributed by atoms with van der Waals surface area (Å²) < 4.78 is 3.28. The fraction of sp³-hybridized carbons (Fsp3) is 0.0400. The fourth-order valence-electron chi connectivity index (χ4n) is 10.0. The molecule has 13 aromatic rings. The predicted molar refractivity (Wildman–Crippen MR) is 250 cm³/mol. The number of para-hydroxylation sites is 2. The predicted octanol–water partition coefficient (Wildman–Crippen LogP) is 10.8. The van der Waals surface area contributed by atoms with E-state index >= 15 is 9.59 Å². The first kappa shape index (κ1) is 34.2. The van der Waals surface area contributed by atoms with Crippen LogP contribution in [0.2, 0.25) is 0 Å². The number of nitrogen functional groups attached to an aromatic ring is 1. The molecule has 13 rings (SSSR count). The van der Waals surface area contributed by atoms with Crippen LogP contribution in [-0.4, -0.2) is 23.7 Å². The van der Waals surface area contributed by atoms with Crippen molar-refractivity contribution in [2.45, 2.75) is 13.8 Å². The molecule has 0 aliphatic carbocycles. The van der Waals surface area contributed by atoms with Gasteiger partial charge in [-0.3, -0.25) is 28.5 Å². The summed E-state index contributed by atoms with van der Waals surface area (Å²) >= 11 is 0. The summed E-state index contributed by atoms with van der Waals surface area (Å²) in [6.45, 7) is 3.59. The average molecular weight is 807 g/mol. The van der Waals surface area contributed by atoms with Crippen LogP contribution in [0.1, 0.15) is 11.1 Å². The Hall–Kier alpha value is -8.64. The molecule has 0 saturated heterocycles. The van der Waals surface area contributed by atoms with Crippen LogP contribution >= 0.6 is 0 Å². The number of rotatable bonds is 5. The Labute approximate surface area is 348 Å². The molecule has 0 atom stereocenters. The molecule has 12 heteroatoms. The molecule has 0 unspecified atom stereocenters. The molecule has 4 N–H and O–H groups in total. The number of nitrogens with one attached hydrogen (secondary N) is 2. The largest absolute Gasteiger partial charge is 0.398 e. The van der Waals surface area contributed by atoms with E-state index in [1.807, 2.05) is 104 Å². The molecular weight excluding hydrogens is 777 g/mol. The third kappa shape index (κ3) is 4.33. The van der Waals surface area contributed by atoms with Crippen molar-refractivity contribution in [3.05, 3.63) is 163 Å². The van der Waals surface area contributed by atoms with Crippen molar-refractivity contribution < 1.29 is 4.92 Å². The Balaban J connectivity index is 1.27. The number of nitro benzene ring substituents is 1. The van der Waals surface area contributed by atoms with E-state index in [1.165, 1.54) is 6.07 Å². The lowest BCUT2D eigenvalue weighted by Crippen LogP contribution is -2.15. The average Bonchev–Trinajstić information content (AvgIpc) is 3.83. The molecule has 0 amide bonds. The van der Waals surface area contributed by atoms with Crippen LogP contribution in [0.3, 0.4) is 0 Å². The van der Waals surface area contributed by atoms with E-state index in [2.05, 4.69) is 22.8 Å². The highest BCUT2D eigenvalue weighted by molar-refractivity contribution is 6.44. The molecule has 294 valence electrons. The van der Waals surface area contributed by atoms with Crippen LogP contribution in [-0.2, 0) is 0 Å². The minimum Gasteiger partial charge on any atom is -0.398 e. The van der Waals surface area contributed by atoms with Crippen LogP contribution in [0.4, 0.5) is 34.1 Å². The molecule has 12 nitrogen and oxygen atoms in total. The topological polar surface area (TPSA) is 162 Å². The van der Waals surface area contributed by atoms with E-state index in [9.17, 15) is 10.1 Å². The minimum absolute atomic E-state index is 0.0622. The van der Waals surface area contributed by atoms with Gasteiger partial charge in [0.15, 0.2) is 0 Å². The summed E-state index contributed by atoms with van der Waals surface area (Å²) in [6, 6.07) is 38.6. The first-order valence-electron chi connectivity index (χ1n) is 20.1. The summed E-state index contributed by atoms with van der Waals surface area (Å²) in [5.41, 5.74) is 13.9. The zero-order valence-electron chi connectivity index (χ0n) is 33.0. The number of fused-ring (bicyclic) bond motifs is 10. The van der Waals surface area contributed by atoms with Crippen molar-refractivity contribution in [1.29, 1.82) is 0 Å². The molecule has 4 heterocycles. The SMILES string of the molecule is Cc1cc2c(cc1N)nc1c3ccc4c5c(Nc6ccccc6)cc6c(=O)n7c8cc(C)c([N+](=O)[O-])cc8nc7c7ccc(c8c(Nc9ccccc9)cc(c(=O)n21)c3c48)c5c67. The van der Waals surface area contributed by atoms with Crippen LogP contribution in [0, 0.1) is 24.0 Å². The first-order chi connectivity index (χ1) is 30.1.